The molecule has 0 aromatic heterocycles. The minimum Gasteiger partial charge on any atom is -0.374 e. The minimum atomic E-state index is -0.388. The fourth-order valence-electron chi connectivity index (χ4n) is 2.30. The molecule has 0 radical (unpaired) electrons. The van der Waals surface area contributed by atoms with Crippen molar-refractivity contribution in [2.75, 3.05) is 39.8 Å². The monoisotopic (exact) mass is 271 g/mol. The van der Waals surface area contributed by atoms with Crippen LogP contribution < -0.4 is 10.6 Å². The summed E-state index contributed by atoms with van der Waals surface area (Å²) in [7, 11) is 1.68. The Hall–Kier alpha value is -0.650. The van der Waals surface area contributed by atoms with Crippen molar-refractivity contribution >= 4 is 5.91 Å². The van der Waals surface area contributed by atoms with Gasteiger partial charge in [0.2, 0.25) is 5.91 Å². The van der Waals surface area contributed by atoms with Crippen LogP contribution in [0.3, 0.4) is 0 Å². The number of nitrogens with zero attached hydrogens (tertiary/aromatic N) is 1. The third-order valence-corrected chi connectivity index (χ3v) is 3.68. The van der Waals surface area contributed by atoms with Crippen molar-refractivity contribution < 1.29 is 9.53 Å². The summed E-state index contributed by atoms with van der Waals surface area (Å²) in [5.41, 5.74) is -0.388. The normalized spacial score (nSPS) is 21.7. The maximum Gasteiger partial charge on any atom is 0.226 e. The van der Waals surface area contributed by atoms with E-state index in [-0.39, 0.29) is 17.4 Å². The summed E-state index contributed by atoms with van der Waals surface area (Å²) in [6.07, 6.45) is 0.219. The molecule has 0 aromatic rings. The highest BCUT2D eigenvalue weighted by Gasteiger charge is 2.27. The summed E-state index contributed by atoms with van der Waals surface area (Å²) in [5.74, 6) is 0.0633. The van der Waals surface area contributed by atoms with Crippen molar-refractivity contribution in [1.82, 2.24) is 15.5 Å². The molecular formula is C14H29N3O2. The van der Waals surface area contributed by atoms with Crippen molar-refractivity contribution in [2.45, 2.75) is 39.8 Å². The highest BCUT2D eigenvalue weighted by atomic mass is 16.5. The Morgan fingerprint density at radius 1 is 1.47 bits per heavy atom. The molecule has 1 atom stereocenters. The van der Waals surface area contributed by atoms with E-state index in [1.807, 2.05) is 13.8 Å². The lowest BCUT2D eigenvalue weighted by Crippen LogP contribution is -2.50. The maximum absolute atomic E-state index is 11.7. The Kier molecular flexibility index (Phi) is 6.23. The molecule has 1 aliphatic rings. The van der Waals surface area contributed by atoms with Crippen molar-refractivity contribution in [3.8, 4) is 0 Å². The molecule has 1 fully saturated rings. The summed E-state index contributed by atoms with van der Waals surface area (Å²) < 4.78 is 5.76. The molecule has 5 nitrogen and oxygen atoms in total. The van der Waals surface area contributed by atoms with Crippen LogP contribution in [0, 0.1) is 5.41 Å². The Bertz CT molecular complexity index is 292. The van der Waals surface area contributed by atoms with Crippen LogP contribution in [-0.2, 0) is 9.53 Å². The van der Waals surface area contributed by atoms with E-state index in [1.165, 1.54) is 0 Å². The molecule has 0 spiro atoms. The second-order valence-electron chi connectivity index (χ2n) is 6.18. The zero-order valence-electron chi connectivity index (χ0n) is 13.0. The largest absolute Gasteiger partial charge is 0.374 e. The zero-order chi connectivity index (χ0) is 14.5. The molecule has 1 heterocycles. The van der Waals surface area contributed by atoms with Gasteiger partial charge >= 0.3 is 0 Å². The first-order chi connectivity index (χ1) is 8.86. The summed E-state index contributed by atoms with van der Waals surface area (Å²) in [6, 6.07) is 0.564. The first-order valence-corrected chi connectivity index (χ1v) is 7.15. The Balaban J connectivity index is 2.31. The number of hydrogen-bond donors (Lipinski definition) is 2. The van der Waals surface area contributed by atoms with Gasteiger partial charge in [-0.25, -0.2) is 0 Å². The summed E-state index contributed by atoms with van der Waals surface area (Å²) in [4.78, 5) is 14.1. The van der Waals surface area contributed by atoms with Gasteiger partial charge in [-0.1, -0.05) is 0 Å². The van der Waals surface area contributed by atoms with Crippen LogP contribution in [-0.4, -0.2) is 62.8 Å². The fourth-order valence-corrected chi connectivity index (χ4v) is 2.30. The molecule has 1 saturated heterocycles. The first kappa shape index (κ1) is 16.4. The van der Waals surface area contributed by atoms with Crippen molar-refractivity contribution in [3.63, 3.8) is 0 Å². The minimum absolute atomic E-state index is 0.0633. The SMILES string of the molecule is CNC(=O)C(C)(C)CNCC1CN(C(C)C)CCO1. The van der Waals surface area contributed by atoms with Gasteiger partial charge in [0, 0.05) is 39.3 Å². The van der Waals surface area contributed by atoms with Crippen LogP contribution >= 0.6 is 0 Å². The molecular weight excluding hydrogens is 242 g/mol. The van der Waals surface area contributed by atoms with Gasteiger partial charge in [0.1, 0.15) is 0 Å². The second-order valence-corrected chi connectivity index (χ2v) is 6.18. The topological polar surface area (TPSA) is 53.6 Å². The molecule has 19 heavy (non-hydrogen) atoms. The summed E-state index contributed by atoms with van der Waals surface area (Å²) in [6.45, 7) is 12.5. The van der Waals surface area contributed by atoms with Crippen LogP contribution in [0.2, 0.25) is 0 Å². The van der Waals surface area contributed by atoms with Gasteiger partial charge in [0.15, 0.2) is 0 Å². The number of hydrogen-bond acceptors (Lipinski definition) is 4. The van der Waals surface area contributed by atoms with Gasteiger partial charge in [0.25, 0.3) is 0 Å². The smallest absolute Gasteiger partial charge is 0.226 e. The van der Waals surface area contributed by atoms with Crippen LogP contribution in [0.1, 0.15) is 27.7 Å². The molecule has 0 saturated carbocycles. The molecule has 2 N–H and O–H groups in total. The van der Waals surface area contributed by atoms with Gasteiger partial charge < -0.3 is 15.4 Å². The van der Waals surface area contributed by atoms with E-state index in [0.29, 0.717) is 12.6 Å². The van der Waals surface area contributed by atoms with E-state index < -0.39 is 0 Å². The quantitative estimate of drug-likeness (QED) is 0.737. The summed E-state index contributed by atoms with van der Waals surface area (Å²) in [5, 5.41) is 6.05. The molecule has 112 valence electrons. The van der Waals surface area contributed by atoms with E-state index in [2.05, 4.69) is 29.4 Å². The molecule has 1 amide bonds. The molecule has 1 rings (SSSR count). The fraction of sp³-hybridized carbons (Fsp3) is 0.929. The average Bonchev–Trinajstić information content (AvgIpc) is 2.37. The Morgan fingerprint density at radius 2 is 2.16 bits per heavy atom. The standard InChI is InChI=1S/C14H29N3O2/c1-11(2)17-6-7-19-12(9-17)8-16-10-14(3,4)13(18)15-5/h11-12,16H,6-10H2,1-5H3,(H,15,18). The number of carbonyl (C=O) groups excluding carboxylic acids is 1. The van der Waals surface area contributed by atoms with Crippen LogP contribution in [0.5, 0.6) is 0 Å². The van der Waals surface area contributed by atoms with Gasteiger partial charge in [-0.05, 0) is 27.7 Å². The second kappa shape index (κ2) is 7.22. The molecule has 1 unspecified atom stereocenters. The molecule has 0 aromatic carbocycles. The Labute approximate surface area is 117 Å². The van der Waals surface area contributed by atoms with Crippen LogP contribution in [0.25, 0.3) is 0 Å². The van der Waals surface area contributed by atoms with E-state index in [4.69, 9.17) is 4.74 Å². The lowest BCUT2D eigenvalue weighted by atomic mass is 9.92. The highest BCUT2D eigenvalue weighted by molar-refractivity contribution is 5.81. The lowest BCUT2D eigenvalue weighted by Gasteiger charge is -2.36. The van der Waals surface area contributed by atoms with E-state index in [0.717, 1.165) is 26.2 Å². The number of amides is 1. The third-order valence-electron chi connectivity index (χ3n) is 3.68. The number of ether oxygens (including phenoxy) is 1. The van der Waals surface area contributed by atoms with Gasteiger partial charge in [-0.2, -0.15) is 0 Å². The first-order valence-electron chi connectivity index (χ1n) is 7.15. The summed E-state index contributed by atoms with van der Waals surface area (Å²) >= 11 is 0. The van der Waals surface area contributed by atoms with Gasteiger partial charge in [-0.3, -0.25) is 9.69 Å². The van der Waals surface area contributed by atoms with Gasteiger partial charge in [0.05, 0.1) is 18.1 Å². The Morgan fingerprint density at radius 3 is 2.74 bits per heavy atom. The maximum atomic E-state index is 11.7. The molecule has 0 aliphatic carbocycles. The highest BCUT2D eigenvalue weighted by Crippen LogP contribution is 2.13. The number of morpholine rings is 1. The van der Waals surface area contributed by atoms with Crippen LogP contribution in [0.15, 0.2) is 0 Å². The lowest BCUT2D eigenvalue weighted by molar-refractivity contribution is -0.128. The predicted molar refractivity (Wildman–Crippen MR) is 77.2 cm³/mol. The number of rotatable bonds is 6. The zero-order valence-corrected chi connectivity index (χ0v) is 13.0. The molecule has 0 bridgehead atoms. The number of carbonyl (C=O) groups is 1. The molecule has 5 heteroatoms. The third kappa shape index (κ3) is 5.09. The van der Waals surface area contributed by atoms with E-state index in [9.17, 15) is 4.79 Å². The predicted octanol–water partition coefficient (Wildman–Crippen LogP) is 0.457. The van der Waals surface area contributed by atoms with Crippen molar-refractivity contribution in [3.05, 3.63) is 0 Å². The van der Waals surface area contributed by atoms with E-state index >= 15 is 0 Å². The van der Waals surface area contributed by atoms with Crippen molar-refractivity contribution in [2.24, 2.45) is 5.41 Å². The average molecular weight is 271 g/mol. The van der Waals surface area contributed by atoms with Gasteiger partial charge in [-0.15, -0.1) is 0 Å². The van der Waals surface area contributed by atoms with Crippen LogP contribution in [0.4, 0.5) is 0 Å². The molecule has 1 aliphatic heterocycles. The van der Waals surface area contributed by atoms with Crippen molar-refractivity contribution in [1.29, 1.82) is 0 Å². The van der Waals surface area contributed by atoms with E-state index in [1.54, 1.807) is 7.05 Å². The number of nitrogens with one attached hydrogen (secondary N) is 2.